The van der Waals surface area contributed by atoms with Crippen molar-refractivity contribution in [2.75, 3.05) is 11.9 Å². The van der Waals surface area contributed by atoms with E-state index in [1.54, 1.807) is 0 Å². The van der Waals surface area contributed by atoms with Crippen molar-refractivity contribution in [3.63, 3.8) is 0 Å². The van der Waals surface area contributed by atoms with Crippen molar-refractivity contribution in [2.45, 2.75) is 46.1 Å². The van der Waals surface area contributed by atoms with Crippen molar-refractivity contribution in [1.82, 2.24) is 9.97 Å². The Balaban J connectivity index is 2.93. The van der Waals surface area contributed by atoms with Gasteiger partial charge in [0.25, 0.3) is 0 Å². The van der Waals surface area contributed by atoms with Crippen molar-refractivity contribution in [2.24, 2.45) is 5.73 Å². The van der Waals surface area contributed by atoms with Crippen LogP contribution < -0.4 is 11.1 Å². The third-order valence-electron chi connectivity index (χ3n) is 3.10. The molecule has 0 fully saturated rings. The van der Waals surface area contributed by atoms with Crippen LogP contribution in [0.15, 0.2) is 6.07 Å². The fourth-order valence-electron chi connectivity index (χ4n) is 1.82. The average molecular weight is 222 g/mol. The topological polar surface area (TPSA) is 63.8 Å². The minimum absolute atomic E-state index is 0.0484. The highest BCUT2D eigenvalue weighted by Gasteiger charge is 2.24. The molecule has 0 aliphatic heterocycles. The maximum Gasteiger partial charge on any atom is 0.130 e. The second-order valence-corrected chi connectivity index (χ2v) is 4.26. The molecule has 3 N–H and O–H groups in total. The fourth-order valence-corrected chi connectivity index (χ4v) is 1.82. The van der Waals surface area contributed by atoms with Crippen molar-refractivity contribution in [1.29, 1.82) is 0 Å². The van der Waals surface area contributed by atoms with Gasteiger partial charge in [-0.3, -0.25) is 0 Å². The molecule has 0 amide bonds. The summed E-state index contributed by atoms with van der Waals surface area (Å²) in [6.07, 6.45) is 1.98. The van der Waals surface area contributed by atoms with E-state index in [2.05, 4.69) is 29.1 Å². The third-order valence-corrected chi connectivity index (χ3v) is 3.10. The minimum Gasteiger partial charge on any atom is -0.363 e. The quantitative estimate of drug-likeness (QED) is 0.800. The van der Waals surface area contributed by atoms with Gasteiger partial charge in [-0.25, -0.2) is 9.97 Å². The van der Waals surface area contributed by atoms with E-state index in [-0.39, 0.29) is 5.54 Å². The highest BCUT2D eigenvalue weighted by atomic mass is 15.1. The van der Waals surface area contributed by atoms with Crippen molar-refractivity contribution in [3.8, 4) is 0 Å². The van der Waals surface area contributed by atoms with Gasteiger partial charge in [0.15, 0.2) is 0 Å². The van der Waals surface area contributed by atoms with Crippen LogP contribution in [0.1, 0.15) is 38.2 Å². The monoisotopic (exact) mass is 222 g/mol. The number of aromatic nitrogens is 2. The van der Waals surface area contributed by atoms with E-state index in [1.165, 1.54) is 0 Å². The summed E-state index contributed by atoms with van der Waals surface area (Å²) in [6.45, 7) is 8.78. The summed E-state index contributed by atoms with van der Waals surface area (Å²) < 4.78 is 0. The van der Waals surface area contributed by atoms with Crippen molar-refractivity contribution >= 4 is 5.82 Å². The highest BCUT2D eigenvalue weighted by Crippen LogP contribution is 2.20. The van der Waals surface area contributed by atoms with E-state index in [0.29, 0.717) is 6.54 Å². The lowest BCUT2D eigenvalue weighted by atomic mass is 9.93. The van der Waals surface area contributed by atoms with Crippen LogP contribution in [-0.2, 0) is 0 Å². The molecule has 1 rings (SSSR count). The van der Waals surface area contributed by atoms with Gasteiger partial charge >= 0.3 is 0 Å². The largest absolute Gasteiger partial charge is 0.363 e. The van der Waals surface area contributed by atoms with E-state index in [1.807, 2.05) is 19.9 Å². The van der Waals surface area contributed by atoms with E-state index in [4.69, 9.17) is 5.73 Å². The van der Waals surface area contributed by atoms with Crippen LogP contribution in [0.4, 0.5) is 5.82 Å². The lowest BCUT2D eigenvalue weighted by molar-refractivity contribution is 0.443. The van der Waals surface area contributed by atoms with Gasteiger partial charge in [0.05, 0.1) is 5.54 Å². The van der Waals surface area contributed by atoms with Gasteiger partial charge in [0.1, 0.15) is 11.6 Å². The van der Waals surface area contributed by atoms with Gasteiger partial charge in [-0.1, -0.05) is 13.8 Å². The molecule has 0 aliphatic rings. The molecule has 0 unspecified atom stereocenters. The summed E-state index contributed by atoms with van der Waals surface area (Å²) >= 11 is 0. The molecule has 4 heteroatoms. The van der Waals surface area contributed by atoms with Gasteiger partial charge in [-0.15, -0.1) is 0 Å². The predicted octanol–water partition coefficient (Wildman–Crippen LogP) is 2.02. The molecule has 0 radical (unpaired) electrons. The van der Waals surface area contributed by atoms with E-state index < -0.39 is 0 Å². The summed E-state index contributed by atoms with van der Waals surface area (Å²) in [4.78, 5) is 8.64. The van der Waals surface area contributed by atoms with Crippen LogP contribution in [-0.4, -0.2) is 22.1 Å². The SMILES string of the molecule is CCC(CC)(CN)Nc1cc(C)nc(C)n1. The molecule has 0 aromatic carbocycles. The van der Waals surface area contributed by atoms with Crippen LogP contribution in [0.2, 0.25) is 0 Å². The summed E-state index contributed by atoms with van der Waals surface area (Å²) in [5, 5.41) is 3.45. The predicted molar refractivity (Wildman–Crippen MR) is 67.5 cm³/mol. The number of hydrogen-bond donors (Lipinski definition) is 2. The first-order valence-electron chi connectivity index (χ1n) is 5.85. The molecule has 0 saturated heterocycles. The molecule has 0 atom stereocenters. The Bertz CT molecular complexity index is 316. The summed E-state index contributed by atoms with van der Waals surface area (Å²) in [5.41, 5.74) is 6.78. The van der Waals surface area contributed by atoms with Gasteiger partial charge in [0, 0.05) is 18.3 Å². The number of nitrogens with two attached hydrogens (primary N) is 1. The summed E-state index contributed by atoms with van der Waals surface area (Å²) in [7, 11) is 0. The van der Waals surface area contributed by atoms with Crippen molar-refractivity contribution in [3.05, 3.63) is 17.6 Å². The number of rotatable bonds is 5. The van der Waals surface area contributed by atoms with Crippen LogP contribution in [0, 0.1) is 13.8 Å². The number of hydrogen-bond acceptors (Lipinski definition) is 4. The molecule has 16 heavy (non-hydrogen) atoms. The average Bonchev–Trinajstić information content (AvgIpc) is 2.25. The molecule has 4 nitrogen and oxygen atoms in total. The first kappa shape index (κ1) is 12.9. The van der Waals surface area contributed by atoms with Crippen LogP contribution in [0.3, 0.4) is 0 Å². The molecular formula is C12H22N4. The number of anilines is 1. The molecule has 90 valence electrons. The van der Waals surface area contributed by atoms with Crippen LogP contribution >= 0.6 is 0 Å². The second-order valence-electron chi connectivity index (χ2n) is 4.26. The molecule has 0 bridgehead atoms. The number of nitrogens with one attached hydrogen (secondary N) is 1. The maximum atomic E-state index is 5.85. The molecular weight excluding hydrogens is 200 g/mol. The van der Waals surface area contributed by atoms with E-state index >= 15 is 0 Å². The molecule has 1 heterocycles. The van der Waals surface area contributed by atoms with Gasteiger partial charge in [-0.05, 0) is 26.7 Å². The fraction of sp³-hybridized carbons (Fsp3) is 0.667. The number of aryl methyl sites for hydroxylation is 2. The Hall–Kier alpha value is -1.16. The third kappa shape index (κ3) is 2.92. The normalized spacial score (nSPS) is 11.6. The smallest absolute Gasteiger partial charge is 0.130 e. The standard InChI is InChI=1S/C12H22N4/c1-5-12(6-2,8-13)16-11-7-9(3)14-10(4)15-11/h7H,5-6,8,13H2,1-4H3,(H,14,15,16). The van der Waals surface area contributed by atoms with E-state index in [9.17, 15) is 0 Å². The Morgan fingerprint density at radius 2 is 1.88 bits per heavy atom. The zero-order valence-electron chi connectivity index (χ0n) is 10.7. The lowest BCUT2D eigenvalue weighted by Crippen LogP contribution is -2.44. The molecule has 1 aromatic heterocycles. The lowest BCUT2D eigenvalue weighted by Gasteiger charge is -2.32. The molecule has 0 saturated carbocycles. The van der Waals surface area contributed by atoms with E-state index in [0.717, 1.165) is 30.2 Å². The van der Waals surface area contributed by atoms with Crippen molar-refractivity contribution < 1.29 is 0 Å². The number of nitrogens with zero attached hydrogens (tertiary/aromatic N) is 2. The zero-order valence-corrected chi connectivity index (χ0v) is 10.7. The Kier molecular flexibility index (Phi) is 4.24. The maximum absolute atomic E-state index is 5.85. The van der Waals surface area contributed by atoms with Gasteiger partial charge in [0.2, 0.25) is 0 Å². The first-order chi connectivity index (χ1) is 7.55. The molecule has 0 spiro atoms. The summed E-state index contributed by atoms with van der Waals surface area (Å²) in [5.74, 6) is 1.67. The molecule has 1 aromatic rings. The first-order valence-corrected chi connectivity index (χ1v) is 5.85. The highest BCUT2D eigenvalue weighted by molar-refractivity contribution is 5.39. The van der Waals surface area contributed by atoms with Gasteiger partial charge < -0.3 is 11.1 Å². The minimum atomic E-state index is -0.0484. The Labute approximate surface area is 97.7 Å². The Morgan fingerprint density at radius 3 is 2.31 bits per heavy atom. The second kappa shape index (κ2) is 5.25. The van der Waals surface area contributed by atoms with Crippen LogP contribution in [0.25, 0.3) is 0 Å². The van der Waals surface area contributed by atoms with Crippen LogP contribution in [0.5, 0.6) is 0 Å². The van der Waals surface area contributed by atoms with Gasteiger partial charge in [-0.2, -0.15) is 0 Å². The zero-order chi connectivity index (χ0) is 12.2. The Morgan fingerprint density at radius 1 is 1.25 bits per heavy atom. The summed E-state index contributed by atoms with van der Waals surface area (Å²) in [6, 6.07) is 1.96. The molecule has 0 aliphatic carbocycles.